The van der Waals surface area contributed by atoms with Crippen LogP contribution in [0.5, 0.6) is 11.8 Å². The molecular formula is C28H41N7O7. The minimum Gasteiger partial charge on any atom is -0.463 e. The lowest BCUT2D eigenvalue weighted by Gasteiger charge is -2.27. The fourth-order valence-corrected chi connectivity index (χ4v) is 4.25. The van der Waals surface area contributed by atoms with Gasteiger partial charge in [-0.3, -0.25) is 19.1 Å². The molecule has 14 nitrogen and oxygen atoms in total. The molecule has 0 saturated carbocycles. The zero-order valence-electron chi connectivity index (χ0n) is 24.3. The van der Waals surface area contributed by atoms with E-state index in [4.69, 9.17) is 15.2 Å². The first kappa shape index (κ1) is 32.5. The lowest BCUT2D eigenvalue weighted by molar-refractivity contribution is -0.134. The number of nitrogen functional groups attached to an aromatic ring is 1. The van der Waals surface area contributed by atoms with E-state index in [2.05, 4.69) is 15.0 Å². The van der Waals surface area contributed by atoms with Crippen molar-refractivity contribution in [3.63, 3.8) is 0 Å². The van der Waals surface area contributed by atoms with E-state index in [0.29, 0.717) is 36.5 Å². The van der Waals surface area contributed by atoms with Gasteiger partial charge in [0, 0.05) is 39.1 Å². The third-order valence-electron chi connectivity index (χ3n) is 6.53. The van der Waals surface area contributed by atoms with Crippen LogP contribution in [0.1, 0.15) is 45.1 Å². The summed E-state index contributed by atoms with van der Waals surface area (Å²) in [5, 5.41) is 18.7. The Balaban J connectivity index is 1.77. The number of rotatable bonds is 18. The van der Waals surface area contributed by atoms with Crippen LogP contribution in [0.4, 0.5) is 5.82 Å². The number of nitrogens with zero attached hydrogens (tertiary/aromatic N) is 5. The van der Waals surface area contributed by atoms with Gasteiger partial charge in [0.2, 0.25) is 5.91 Å². The molecule has 0 aliphatic carbocycles. The smallest absolute Gasteiger partial charge is 0.327 e. The highest BCUT2D eigenvalue weighted by atomic mass is 16.5. The van der Waals surface area contributed by atoms with Gasteiger partial charge in [-0.15, -0.1) is 0 Å². The van der Waals surface area contributed by atoms with Gasteiger partial charge in [0.25, 0.3) is 0 Å². The van der Waals surface area contributed by atoms with Crippen LogP contribution in [0.15, 0.2) is 29.1 Å². The van der Waals surface area contributed by atoms with Crippen molar-refractivity contribution in [2.75, 3.05) is 51.7 Å². The van der Waals surface area contributed by atoms with Crippen molar-refractivity contribution in [1.82, 2.24) is 29.3 Å². The van der Waals surface area contributed by atoms with Gasteiger partial charge in [-0.05, 0) is 30.5 Å². The second-order valence-electron chi connectivity index (χ2n) is 9.74. The molecule has 0 radical (unpaired) electrons. The second-order valence-corrected chi connectivity index (χ2v) is 9.74. The van der Waals surface area contributed by atoms with Crippen LogP contribution in [0, 0.1) is 0 Å². The summed E-state index contributed by atoms with van der Waals surface area (Å²) < 4.78 is 12.3. The van der Waals surface area contributed by atoms with E-state index in [0.717, 1.165) is 18.4 Å². The number of nitrogens with two attached hydrogens (primary N) is 1. The molecule has 1 aromatic carbocycles. The Kier molecular flexibility index (Phi) is 12.7. The number of imidazole rings is 1. The highest BCUT2D eigenvalue weighted by Gasteiger charge is 2.19. The molecule has 0 unspecified atom stereocenters. The number of hydrogen-bond donors (Lipinski definition) is 4. The summed E-state index contributed by atoms with van der Waals surface area (Å²) >= 11 is 0. The number of aryl methyl sites for hydroxylation is 1. The molecule has 14 heteroatoms. The molecule has 0 bridgehead atoms. The van der Waals surface area contributed by atoms with Crippen molar-refractivity contribution >= 4 is 28.9 Å². The summed E-state index contributed by atoms with van der Waals surface area (Å²) in [5.41, 5.74) is 7.11. The van der Waals surface area contributed by atoms with E-state index in [-0.39, 0.29) is 76.1 Å². The maximum atomic E-state index is 13.4. The van der Waals surface area contributed by atoms with Crippen LogP contribution in [0.25, 0.3) is 11.2 Å². The van der Waals surface area contributed by atoms with Crippen LogP contribution >= 0.6 is 0 Å². The number of aliphatic hydroxyl groups excluding tert-OH is 2. The van der Waals surface area contributed by atoms with Crippen LogP contribution in [0.2, 0.25) is 0 Å². The van der Waals surface area contributed by atoms with Crippen LogP contribution in [-0.4, -0.2) is 97.4 Å². The molecule has 0 aliphatic rings. The minimum atomic E-state index is -0.399. The zero-order valence-corrected chi connectivity index (χ0v) is 24.3. The van der Waals surface area contributed by atoms with E-state index < -0.39 is 5.69 Å². The van der Waals surface area contributed by atoms with Crippen molar-refractivity contribution in [2.24, 2.45) is 0 Å². The molecule has 5 N–H and O–H groups in total. The number of hydrogen-bond acceptors (Lipinski definition) is 11. The van der Waals surface area contributed by atoms with Gasteiger partial charge >= 0.3 is 17.7 Å². The number of ether oxygens (including phenoxy) is 2. The first-order valence-corrected chi connectivity index (χ1v) is 14.2. The number of aromatic amines is 1. The quantitative estimate of drug-likeness (QED) is 0.0940. The largest absolute Gasteiger partial charge is 0.463 e. The number of esters is 1. The Morgan fingerprint density at radius 2 is 1.76 bits per heavy atom. The number of anilines is 1. The summed E-state index contributed by atoms with van der Waals surface area (Å²) in [7, 11) is 0. The average Bonchev–Trinajstić information content (AvgIpc) is 3.29. The SMILES string of the molecule is CCCCOc1nc(N)c2[nH]c(=O)n(CCCN(Cc3ccc(OC(=O)CC)cc3)C(=O)CN(CCO)CCO)c2n1. The predicted molar refractivity (Wildman–Crippen MR) is 156 cm³/mol. The van der Waals surface area contributed by atoms with Crippen molar-refractivity contribution in [1.29, 1.82) is 0 Å². The summed E-state index contributed by atoms with van der Waals surface area (Å²) in [6.07, 6.45) is 2.44. The third kappa shape index (κ3) is 9.26. The normalized spacial score (nSPS) is 11.3. The van der Waals surface area contributed by atoms with Crippen molar-refractivity contribution < 1.29 is 29.3 Å². The Morgan fingerprint density at radius 3 is 2.40 bits per heavy atom. The fourth-order valence-electron chi connectivity index (χ4n) is 4.25. The van der Waals surface area contributed by atoms with E-state index in [9.17, 15) is 24.6 Å². The second kappa shape index (κ2) is 16.4. The standard InChI is InChI=1S/C28H41N7O7/c1-3-5-17-41-27-31-25(29)24-26(32-27)35(28(40)30-24)12-6-11-34(22(38)19-33(13-15-36)14-16-37)18-20-7-9-21(10-8-20)42-23(39)4-2/h7-10,36-37H,3-6,11-19H2,1-2H3,(H,30,40)(H2,29,31,32). The number of aromatic nitrogens is 4. The van der Waals surface area contributed by atoms with E-state index in [1.165, 1.54) is 4.57 Å². The Hall–Kier alpha value is -4.01. The molecule has 0 aliphatic heterocycles. The number of aliphatic hydroxyl groups is 2. The van der Waals surface area contributed by atoms with Crippen LogP contribution < -0.4 is 20.9 Å². The molecule has 0 saturated heterocycles. The molecule has 0 atom stereocenters. The summed E-state index contributed by atoms with van der Waals surface area (Å²) in [6, 6.07) is 7.00. The fraction of sp³-hybridized carbons (Fsp3) is 0.536. The Morgan fingerprint density at radius 1 is 1.05 bits per heavy atom. The molecule has 1 amide bonds. The topological polar surface area (TPSA) is 189 Å². The van der Waals surface area contributed by atoms with Crippen molar-refractivity contribution in [3.05, 3.63) is 40.3 Å². The monoisotopic (exact) mass is 587 g/mol. The highest BCUT2D eigenvalue weighted by Crippen LogP contribution is 2.19. The first-order valence-electron chi connectivity index (χ1n) is 14.2. The molecule has 0 spiro atoms. The van der Waals surface area contributed by atoms with Gasteiger partial charge in [-0.1, -0.05) is 32.4 Å². The number of fused-ring (bicyclic) bond motifs is 1. The van der Waals surface area contributed by atoms with Crippen LogP contribution in [0.3, 0.4) is 0 Å². The van der Waals surface area contributed by atoms with Gasteiger partial charge < -0.3 is 35.3 Å². The van der Waals surface area contributed by atoms with Crippen molar-refractivity contribution in [2.45, 2.75) is 52.6 Å². The average molecular weight is 588 g/mol. The minimum absolute atomic E-state index is 0.00255. The molecule has 0 fully saturated rings. The summed E-state index contributed by atoms with van der Waals surface area (Å²) in [4.78, 5) is 52.3. The number of H-pyrrole nitrogens is 1. The third-order valence-corrected chi connectivity index (χ3v) is 6.53. The van der Waals surface area contributed by atoms with Gasteiger partial charge in [-0.25, -0.2) is 4.79 Å². The number of nitrogens with one attached hydrogen (secondary N) is 1. The Labute approximate surface area is 244 Å². The van der Waals surface area contributed by atoms with Gasteiger partial charge in [0.05, 0.1) is 26.4 Å². The van der Waals surface area contributed by atoms with Crippen molar-refractivity contribution in [3.8, 4) is 11.8 Å². The summed E-state index contributed by atoms with van der Waals surface area (Å²) in [5.74, 6) is -0.0203. The van der Waals surface area contributed by atoms with Crippen LogP contribution in [-0.2, 0) is 22.7 Å². The maximum Gasteiger partial charge on any atom is 0.327 e. The Bertz CT molecular complexity index is 1350. The number of carbonyl (C=O) groups is 2. The lowest BCUT2D eigenvalue weighted by Crippen LogP contribution is -2.42. The first-order chi connectivity index (χ1) is 20.3. The molecule has 230 valence electrons. The molecule has 3 rings (SSSR count). The highest BCUT2D eigenvalue weighted by molar-refractivity contribution is 5.82. The maximum absolute atomic E-state index is 13.4. The van der Waals surface area contributed by atoms with E-state index in [1.807, 2.05) is 6.92 Å². The predicted octanol–water partition coefficient (Wildman–Crippen LogP) is 0.902. The molecular weight excluding hydrogens is 546 g/mol. The lowest BCUT2D eigenvalue weighted by atomic mass is 10.2. The number of amides is 1. The van der Waals surface area contributed by atoms with Gasteiger partial charge in [0.15, 0.2) is 11.5 Å². The number of unbranched alkanes of at least 4 members (excludes halogenated alkanes) is 1. The zero-order chi connectivity index (χ0) is 30.5. The molecule has 2 aromatic heterocycles. The number of benzene rings is 1. The van der Waals surface area contributed by atoms with E-state index in [1.54, 1.807) is 41.0 Å². The number of carbonyl (C=O) groups excluding carboxylic acids is 2. The molecule has 42 heavy (non-hydrogen) atoms. The van der Waals surface area contributed by atoms with Gasteiger partial charge in [0.1, 0.15) is 11.3 Å². The summed E-state index contributed by atoms with van der Waals surface area (Å²) in [6.45, 7) is 5.18. The van der Waals surface area contributed by atoms with Gasteiger partial charge in [-0.2, -0.15) is 9.97 Å². The molecule has 2 heterocycles. The van der Waals surface area contributed by atoms with E-state index >= 15 is 0 Å². The molecule has 3 aromatic rings.